The van der Waals surface area contributed by atoms with Crippen LogP contribution < -0.4 is 15.0 Å². The molecule has 1 aromatic carbocycles. The van der Waals surface area contributed by atoms with Crippen molar-refractivity contribution >= 4 is 5.91 Å². The van der Waals surface area contributed by atoms with Gasteiger partial charge in [-0.05, 0) is 30.9 Å². The first-order valence-electron chi connectivity index (χ1n) is 9.16. The zero-order chi connectivity index (χ0) is 19.4. The Kier molecular flexibility index (Phi) is 5.78. The number of ether oxygens (including phenoxy) is 2. The number of rotatable bonds is 6. The average molecular weight is 371 g/mol. The van der Waals surface area contributed by atoms with Crippen molar-refractivity contribution in [2.75, 3.05) is 20.3 Å². The predicted molar refractivity (Wildman–Crippen MR) is 101 cm³/mol. The number of benzene rings is 1. The highest BCUT2D eigenvalue weighted by molar-refractivity contribution is 5.78. The number of aromatic nitrogens is 2. The van der Waals surface area contributed by atoms with E-state index in [4.69, 9.17) is 9.47 Å². The molecule has 0 bridgehead atoms. The van der Waals surface area contributed by atoms with Crippen molar-refractivity contribution in [1.29, 1.82) is 0 Å². The number of amides is 1. The van der Waals surface area contributed by atoms with Crippen LogP contribution in [0.15, 0.2) is 35.1 Å². The summed E-state index contributed by atoms with van der Waals surface area (Å²) in [6, 6.07) is 8.50. The largest absolute Gasteiger partial charge is 0.493 e. The lowest BCUT2D eigenvalue weighted by atomic mass is 10.1. The number of hydrogen-bond acceptors (Lipinski definition) is 5. The van der Waals surface area contributed by atoms with Crippen LogP contribution in [0.4, 0.5) is 0 Å². The predicted octanol–water partition coefficient (Wildman–Crippen LogP) is 2.64. The third-order valence-corrected chi connectivity index (χ3v) is 4.68. The van der Waals surface area contributed by atoms with E-state index in [-0.39, 0.29) is 30.0 Å². The van der Waals surface area contributed by atoms with Crippen LogP contribution in [0.3, 0.4) is 0 Å². The number of nitrogens with one attached hydrogen (secondary N) is 1. The summed E-state index contributed by atoms with van der Waals surface area (Å²) in [6.07, 6.45) is 1.63. The molecule has 2 aromatic rings. The highest BCUT2D eigenvalue weighted by Gasteiger charge is 2.32. The maximum absolute atomic E-state index is 12.7. The highest BCUT2D eigenvalue weighted by atomic mass is 16.5. The molecule has 1 aliphatic rings. The van der Waals surface area contributed by atoms with E-state index in [1.807, 2.05) is 26.0 Å². The minimum absolute atomic E-state index is 0.0923. The van der Waals surface area contributed by atoms with Gasteiger partial charge in [-0.1, -0.05) is 26.0 Å². The van der Waals surface area contributed by atoms with Gasteiger partial charge in [0.1, 0.15) is 5.82 Å². The molecule has 7 nitrogen and oxygen atoms in total. The van der Waals surface area contributed by atoms with E-state index < -0.39 is 0 Å². The van der Waals surface area contributed by atoms with Gasteiger partial charge in [0.2, 0.25) is 0 Å². The van der Waals surface area contributed by atoms with Crippen LogP contribution in [0.2, 0.25) is 0 Å². The van der Waals surface area contributed by atoms with Gasteiger partial charge in [-0.3, -0.25) is 9.59 Å². The summed E-state index contributed by atoms with van der Waals surface area (Å²) in [5.41, 5.74) is 0.548. The number of H-pyrrole nitrogens is 1. The van der Waals surface area contributed by atoms with Gasteiger partial charge in [0.05, 0.1) is 18.8 Å². The van der Waals surface area contributed by atoms with E-state index in [0.717, 1.165) is 18.5 Å². The summed E-state index contributed by atoms with van der Waals surface area (Å²) in [5, 5.41) is 0. The fourth-order valence-corrected chi connectivity index (χ4v) is 3.26. The topological polar surface area (TPSA) is 84.5 Å². The smallest absolute Gasteiger partial charge is 0.261 e. The summed E-state index contributed by atoms with van der Waals surface area (Å²) in [7, 11) is 1.56. The molecule has 1 saturated heterocycles. The zero-order valence-electron chi connectivity index (χ0n) is 15.9. The van der Waals surface area contributed by atoms with Crippen LogP contribution in [0.25, 0.3) is 0 Å². The molecule has 1 fully saturated rings. The van der Waals surface area contributed by atoms with E-state index >= 15 is 0 Å². The molecule has 0 aliphatic carbocycles. The molecule has 1 N–H and O–H groups in total. The number of methoxy groups -OCH3 is 1. The summed E-state index contributed by atoms with van der Waals surface area (Å²) in [6.45, 7) is 4.51. The van der Waals surface area contributed by atoms with E-state index in [1.54, 1.807) is 24.1 Å². The number of carbonyl (C=O) groups excluding carboxylic acids is 1. The molecule has 144 valence electrons. The maximum Gasteiger partial charge on any atom is 0.261 e. The second-order valence-electron chi connectivity index (χ2n) is 6.89. The molecular formula is C20H25N3O4. The monoisotopic (exact) mass is 371 g/mol. The molecule has 27 heavy (non-hydrogen) atoms. The van der Waals surface area contributed by atoms with Crippen molar-refractivity contribution in [2.45, 2.75) is 38.6 Å². The molecule has 0 unspecified atom stereocenters. The van der Waals surface area contributed by atoms with Gasteiger partial charge in [0.25, 0.3) is 11.5 Å². The van der Waals surface area contributed by atoms with E-state index in [9.17, 15) is 9.59 Å². The highest BCUT2D eigenvalue weighted by Crippen LogP contribution is 2.31. The molecule has 0 saturated carbocycles. The lowest BCUT2D eigenvalue weighted by molar-refractivity contribution is -0.134. The quantitative estimate of drug-likeness (QED) is 0.844. The summed E-state index contributed by atoms with van der Waals surface area (Å²) in [4.78, 5) is 33.9. The van der Waals surface area contributed by atoms with Crippen molar-refractivity contribution in [2.24, 2.45) is 0 Å². The molecule has 2 heterocycles. The standard InChI is InChI=1S/C20H25N3O4/c1-13(2)14-11-18(24)22-20(21-14)15-7-6-10-23(15)19(25)12-27-17-9-5-4-8-16(17)26-3/h4-5,8-9,11,13,15H,6-7,10,12H2,1-3H3,(H,21,22,24)/t15-/m1/s1. The Morgan fingerprint density at radius 3 is 2.78 bits per heavy atom. The summed E-state index contributed by atoms with van der Waals surface area (Å²) >= 11 is 0. The first-order chi connectivity index (χ1) is 13.0. The Morgan fingerprint density at radius 2 is 2.07 bits per heavy atom. The Labute approximate surface area is 158 Å². The molecule has 7 heteroatoms. The van der Waals surface area contributed by atoms with Crippen LogP contribution in [0, 0.1) is 0 Å². The number of aromatic amines is 1. The fraction of sp³-hybridized carbons (Fsp3) is 0.450. The van der Waals surface area contributed by atoms with Crippen LogP contribution in [0.5, 0.6) is 11.5 Å². The van der Waals surface area contributed by atoms with Gasteiger partial charge in [-0.25, -0.2) is 4.98 Å². The fourth-order valence-electron chi connectivity index (χ4n) is 3.26. The number of para-hydroxylation sites is 2. The van der Waals surface area contributed by atoms with Gasteiger partial charge >= 0.3 is 0 Å². The van der Waals surface area contributed by atoms with Crippen molar-refractivity contribution < 1.29 is 14.3 Å². The maximum atomic E-state index is 12.7. The minimum Gasteiger partial charge on any atom is -0.493 e. The summed E-state index contributed by atoms with van der Waals surface area (Å²) in [5.74, 6) is 1.66. The lowest BCUT2D eigenvalue weighted by Gasteiger charge is -2.24. The number of nitrogens with zero attached hydrogens (tertiary/aromatic N) is 2. The molecule has 3 rings (SSSR count). The SMILES string of the molecule is COc1ccccc1OCC(=O)N1CCC[C@@H]1c1nc(C(C)C)cc(=O)[nH]1. The van der Waals surface area contributed by atoms with Gasteiger partial charge < -0.3 is 19.4 Å². The van der Waals surface area contributed by atoms with Crippen LogP contribution >= 0.6 is 0 Å². The molecule has 0 spiro atoms. The van der Waals surface area contributed by atoms with Gasteiger partial charge in [0, 0.05) is 12.6 Å². The van der Waals surface area contributed by atoms with Crippen molar-refractivity contribution in [3.63, 3.8) is 0 Å². The van der Waals surface area contributed by atoms with Gasteiger partial charge in [-0.2, -0.15) is 0 Å². The van der Waals surface area contributed by atoms with Crippen molar-refractivity contribution in [3.8, 4) is 11.5 Å². The Hall–Kier alpha value is -2.83. The van der Waals surface area contributed by atoms with Crippen molar-refractivity contribution in [1.82, 2.24) is 14.9 Å². The third kappa shape index (κ3) is 4.30. The summed E-state index contributed by atoms with van der Waals surface area (Å²) < 4.78 is 10.9. The van der Waals surface area contributed by atoms with E-state index in [0.29, 0.717) is 23.9 Å². The zero-order valence-corrected chi connectivity index (χ0v) is 15.9. The molecule has 1 amide bonds. The lowest BCUT2D eigenvalue weighted by Crippen LogP contribution is -2.36. The second kappa shape index (κ2) is 8.24. The van der Waals surface area contributed by atoms with Crippen LogP contribution in [-0.4, -0.2) is 41.0 Å². The molecule has 0 radical (unpaired) electrons. The second-order valence-corrected chi connectivity index (χ2v) is 6.89. The number of hydrogen-bond donors (Lipinski definition) is 1. The van der Waals surface area contributed by atoms with Crippen molar-refractivity contribution in [3.05, 3.63) is 52.2 Å². The molecular weight excluding hydrogens is 346 g/mol. The van der Waals surface area contributed by atoms with E-state index in [1.165, 1.54) is 6.07 Å². The normalized spacial score (nSPS) is 16.6. The van der Waals surface area contributed by atoms with Gasteiger partial charge in [0.15, 0.2) is 18.1 Å². The first kappa shape index (κ1) is 18.9. The minimum atomic E-state index is -0.231. The first-order valence-corrected chi connectivity index (χ1v) is 9.16. The van der Waals surface area contributed by atoms with Crippen LogP contribution in [0.1, 0.15) is 50.2 Å². The number of carbonyl (C=O) groups is 1. The Bertz CT molecular complexity index is 862. The average Bonchev–Trinajstić information content (AvgIpc) is 3.15. The molecule has 1 aliphatic heterocycles. The third-order valence-electron chi connectivity index (χ3n) is 4.68. The van der Waals surface area contributed by atoms with E-state index in [2.05, 4.69) is 9.97 Å². The molecule has 1 atom stereocenters. The van der Waals surface area contributed by atoms with Gasteiger partial charge in [-0.15, -0.1) is 0 Å². The Balaban J connectivity index is 1.74. The number of likely N-dealkylation sites (tertiary alicyclic amines) is 1. The Morgan fingerprint density at radius 1 is 1.33 bits per heavy atom. The van der Waals surface area contributed by atoms with Crippen LogP contribution in [-0.2, 0) is 4.79 Å². The molecule has 1 aromatic heterocycles.